The fraction of sp³-hybridized carbons (Fsp3) is 0.300. The van der Waals surface area contributed by atoms with Gasteiger partial charge in [0, 0.05) is 0 Å². The average molecular weight is 161 g/mol. The minimum absolute atomic E-state index is 0.0126. The fourth-order valence-electron chi connectivity index (χ4n) is 1.31. The number of aliphatic hydroxyl groups excluding tert-OH is 1. The highest BCUT2D eigenvalue weighted by Gasteiger charge is 2.03. The van der Waals surface area contributed by atoms with E-state index in [1.165, 1.54) is 0 Å². The Balaban J connectivity index is 3.24. The Bertz CT molecular complexity index is 312. The molecule has 1 rings (SSSR count). The summed E-state index contributed by atoms with van der Waals surface area (Å²) in [7, 11) is 0. The number of benzene rings is 1. The lowest BCUT2D eigenvalue weighted by molar-refractivity contribution is 0.280. The maximum Gasteiger partial charge on any atom is 0.0994 e. The van der Waals surface area contributed by atoms with Crippen molar-refractivity contribution in [2.75, 3.05) is 0 Å². The first-order valence-electron chi connectivity index (χ1n) is 3.95. The van der Waals surface area contributed by atoms with Crippen LogP contribution < -0.4 is 0 Å². The molecule has 1 aromatic rings. The Kier molecular flexibility index (Phi) is 2.84. The summed E-state index contributed by atoms with van der Waals surface area (Å²) >= 11 is 0. The van der Waals surface area contributed by atoms with Gasteiger partial charge in [-0.1, -0.05) is 19.1 Å². The molecule has 0 heterocycles. The lowest BCUT2D eigenvalue weighted by atomic mass is 10.0. The topological polar surface area (TPSA) is 44.0 Å². The van der Waals surface area contributed by atoms with E-state index in [1.54, 1.807) is 12.1 Å². The van der Waals surface area contributed by atoms with E-state index in [-0.39, 0.29) is 6.61 Å². The monoisotopic (exact) mass is 161 g/mol. The van der Waals surface area contributed by atoms with Gasteiger partial charge in [0.15, 0.2) is 0 Å². The normalized spacial score (nSPS) is 9.42. The molecule has 0 saturated carbocycles. The highest BCUT2D eigenvalue weighted by atomic mass is 16.3. The van der Waals surface area contributed by atoms with Gasteiger partial charge in [0.1, 0.15) is 0 Å². The first-order chi connectivity index (χ1) is 5.83. The molecular formula is C10H11NO. The Hall–Kier alpha value is -1.33. The van der Waals surface area contributed by atoms with Crippen LogP contribution in [0.2, 0.25) is 0 Å². The van der Waals surface area contributed by atoms with Gasteiger partial charge in [-0.25, -0.2) is 0 Å². The molecule has 2 heteroatoms. The summed E-state index contributed by atoms with van der Waals surface area (Å²) in [5.74, 6) is 0. The van der Waals surface area contributed by atoms with Crippen molar-refractivity contribution in [3.05, 3.63) is 34.9 Å². The third kappa shape index (κ3) is 1.46. The Morgan fingerprint density at radius 2 is 2.25 bits per heavy atom. The van der Waals surface area contributed by atoms with Crippen LogP contribution in [-0.2, 0) is 13.0 Å². The van der Waals surface area contributed by atoms with Crippen LogP contribution in [-0.4, -0.2) is 5.11 Å². The predicted molar refractivity (Wildman–Crippen MR) is 46.5 cm³/mol. The summed E-state index contributed by atoms with van der Waals surface area (Å²) in [5.41, 5.74) is 2.49. The molecule has 12 heavy (non-hydrogen) atoms. The molecule has 0 radical (unpaired) electrons. The molecule has 0 amide bonds. The van der Waals surface area contributed by atoms with Crippen molar-refractivity contribution in [1.82, 2.24) is 0 Å². The summed E-state index contributed by atoms with van der Waals surface area (Å²) in [5, 5.41) is 17.7. The lowest BCUT2D eigenvalue weighted by Crippen LogP contribution is -1.95. The third-order valence-electron chi connectivity index (χ3n) is 1.92. The number of rotatable bonds is 2. The van der Waals surface area contributed by atoms with E-state index in [0.717, 1.165) is 17.5 Å². The molecule has 0 atom stereocenters. The predicted octanol–water partition coefficient (Wildman–Crippen LogP) is 1.61. The van der Waals surface area contributed by atoms with Crippen molar-refractivity contribution in [1.29, 1.82) is 5.26 Å². The molecule has 0 saturated heterocycles. The van der Waals surface area contributed by atoms with Gasteiger partial charge in [0.05, 0.1) is 18.2 Å². The number of aliphatic hydroxyl groups is 1. The van der Waals surface area contributed by atoms with E-state index in [9.17, 15) is 0 Å². The molecule has 0 aliphatic heterocycles. The third-order valence-corrected chi connectivity index (χ3v) is 1.92. The standard InChI is InChI=1S/C10H11NO/c1-2-10-8(6-11)4-3-5-9(10)7-12/h3-5,12H,2,7H2,1H3. The van der Waals surface area contributed by atoms with Crippen LogP contribution in [0.1, 0.15) is 23.6 Å². The van der Waals surface area contributed by atoms with Gasteiger partial charge >= 0.3 is 0 Å². The van der Waals surface area contributed by atoms with Crippen molar-refractivity contribution >= 4 is 0 Å². The van der Waals surface area contributed by atoms with Gasteiger partial charge in [0.25, 0.3) is 0 Å². The van der Waals surface area contributed by atoms with Crippen LogP contribution in [0.5, 0.6) is 0 Å². The number of nitrogens with zero attached hydrogens (tertiary/aromatic N) is 1. The van der Waals surface area contributed by atoms with Crippen molar-refractivity contribution < 1.29 is 5.11 Å². The second kappa shape index (κ2) is 3.89. The van der Waals surface area contributed by atoms with Crippen LogP contribution >= 0.6 is 0 Å². The quantitative estimate of drug-likeness (QED) is 0.716. The van der Waals surface area contributed by atoms with E-state index >= 15 is 0 Å². The molecule has 0 aliphatic rings. The van der Waals surface area contributed by atoms with Gasteiger partial charge in [-0.05, 0) is 23.6 Å². The molecule has 0 unspecified atom stereocenters. The Morgan fingerprint density at radius 1 is 1.50 bits per heavy atom. The van der Waals surface area contributed by atoms with Gasteiger partial charge in [-0.15, -0.1) is 0 Å². The largest absolute Gasteiger partial charge is 0.392 e. The fourth-order valence-corrected chi connectivity index (χ4v) is 1.31. The van der Waals surface area contributed by atoms with Gasteiger partial charge < -0.3 is 5.11 Å². The minimum atomic E-state index is 0.0126. The molecule has 0 aromatic heterocycles. The maximum atomic E-state index is 8.96. The van der Waals surface area contributed by atoms with Crippen LogP contribution in [0.4, 0.5) is 0 Å². The summed E-state index contributed by atoms with van der Waals surface area (Å²) in [6.07, 6.45) is 0.791. The van der Waals surface area contributed by atoms with E-state index < -0.39 is 0 Å². The summed E-state index contributed by atoms with van der Waals surface area (Å²) in [6.45, 7) is 1.99. The van der Waals surface area contributed by atoms with E-state index in [4.69, 9.17) is 10.4 Å². The number of hydrogen-bond donors (Lipinski definition) is 1. The van der Waals surface area contributed by atoms with Crippen LogP contribution in [0.15, 0.2) is 18.2 Å². The molecule has 0 aliphatic carbocycles. The van der Waals surface area contributed by atoms with Crippen molar-refractivity contribution in [3.63, 3.8) is 0 Å². The highest BCUT2D eigenvalue weighted by molar-refractivity contribution is 5.42. The van der Waals surface area contributed by atoms with Crippen LogP contribution in [0.25, 0.3) is 0 Å². The molecule has 0 fully saturated rings. The van der Waals surface area contributed by atoms with Crippen molar-refractivity contribution in [3.8, 4) is 6.07 Å². The Morgan fingerprint density at radius 3 is 2.75 bits per heavy atom. The van der Waals surface area contributed by atoms with Crippen molar-refractivity contribution in [2.45, 2.75) is 20.0 Å². The molecule has 0 bridgehead atoms. The Labute approximate surface area is 72.1 Å². The number of hydrogen-bond acceptors (Lipinski definition) is 2. The maximum absolute atomic E-state index is 8.96. The summed E-state index contributed by atoms with van der Waals surface area (Å²) < 4.78 is 0. The highest BCUT2D eigenvalue weighted by Crippen LogP contribution is 2.14. The molecule has 1 aromatic carbocycles. The zero-order valence-corrected chi connectivity index (χ0v) is 7.04. The molecule has 2 nitrogen and oxygen atoms in total. The average Bonchev–Trinajstić information content (AvgIpc) is 2.16. The van der Waals surface area contributed by atoms with Gasteiger partial charge in [0.2, 0.25) is 0 Å². The zero-order valence-electron chi connectivity index (χ0n) is 7.04. The van der Waals surface area contributed by atoms with Crippen LogP contribution in [0, 0.1) is 11.3 Å². The summed E-state index contributed by atoms with van der Waals surface area (Å²) in [4.78, 5) is 0. The van der Waals surface area contributed by atoms with E-state index in [0.29, 0.717) is 5.56 Å². The lowest BCUT2D eigenvalue weighted by Gasteiger charge is -2.05. The SMILES string of the molecule is CCc1c(C#N)cccc1CO. The van der Waals surface area contributed by atoms with E-state index in [2.05, 4.69) is 6.07 Å². The van der Waals surface area contributed by atoms with Crippen LogP contribution in [0.3, 0.4) is 0 Å². The van der Waals surface area contributed by atoms with Gasteiger partial charge in [-0.3, -0.25) is 0 Å². The van der Waals surface area contributed by atoms with E-state index in [1.807, 2.05) is 13.0 Å². The molecular weight excluding hydrogens is 150 g/mol. The second-order valence-corrected chi connectivity index (χ2v) is 2.57. The smallest absolute Gasteiger partial charge is 0.0994 e. The van der Waals surface area contributed by atoms with Gasteiger partial charge in [-0.2, -0.15) is 5.26 Å². The molecule has 1 N–H and O–H groups in total. The van der Waals surface area contributed by atoms with Crippen molar-refractivity contribution in [2.24, 2.45) is 0 Å². The molecule has 0 spiro atoms. The first-order valence-corrected chi connectivity index (χ1v) is 3.95. The minimum Gasteiger partial charge on any atom is -0.392 e. The summed E-state index contributed by atoms with van der Waals surface area (Å²) in [6, 6.07) is 7.53. The number of nitriles is 1. The molecule has 62 valence electrons. The second-order valence-electron chi connectivity index (χ2n) is 2.57. The zero-order chi connectivity index (χ0) is 8.97. The first kappa shape index (κ1) is 8.76.